The van der Waals surface area contributed by atoms with E-state index in [0.717, 1.165) is 23.1 Å². The topological polar surface area (TPSA) is 369 Å². The molecule has 0 spiro atoms. The van der Waals surface area contributed by atoms with Gasteiger partial charge in [-0.15, -0.1) is 19.8 Å². The largest absolute Gasteiger partial charge is 0.397 e. The number of hydrogen-bond acceptors (Lipinski definition) is 21. The number of aromatic nitrogens is 17. The van der Waals surface area contributed by atoms with Crippen molar-refractivity contribution in [3.05, 3.63) is 174 Å². The summed E-state index contributed by atoms with van der Waals surface area (Å²) in [6.45, 7) is 8.97. The fourth-order valence-electron chi connectivity index (χ4n) is 5.32. The van der Waals surface area contributed by atoms with Gasteiger partial charge in [-0.05, 0) is 63.4 Å². The normalized spacial score (nSPS) is 9.83. The molecular weight excluding hydrogens is 920 g/mol. The van der Waals surface area contributed by atoms with Crippen molar-refractivity contribution in [2.45, 2.75) is 49.5 Å². The van der Waals surface area contributed by atoms with Crippen molar-refractivity contribution in [1.82, 2.24) is 84.9 Å². The third kappa shape index (κ3) is 15.0. The summed E-state index contributed by atoms with van der Waals surface area (Å²) in [5.41, 5.74) is 16.2. The van der Waals surface area contributed by atoms with Gasteiger partial charge in [-0.25, -0.2) is 34.3 Å². The molecule has 0 radical (unpaired) electrons. The molecule has 0 saturated carbocycles. The molecule has 0 atom stereocenters. The van der Waals surface area contributed by atoms with Gasteiger partial charge >= 0.3 is 0 Å². The monoisotopic (exact) mass is 964 g/mol. The maximum absolute atomic E-state index is 10.5. The van der Waals surface area contributed by atoms with Crippen LogP contribution in [-0.4, -0.2) is 99.7 Å². The van der Waals surface area contributed by atoms with Gasteiger partial charge in [0.25, 0.3) is 17.1 Å². The van der Waals surface area contributed by atoms with E-state index in [9.17, 15) is 30.3 Å². The Balaban J connectivity index is 0.000000228. The molecule has 0 aliphatic heterocycles. The van der Waals surface area contributed by atoms with Crippen LogP contribution in [0.3, 0.4) is 0 Å². The second-order valence-corrected chi connectivity index (χ2v) is 13.7. The first-order chi connectivity index (χ1) is 32.0. The van der Waals surface area contributed by atoms with Gasteiger partial charge in [0.05, 0.1) is 88.1 Å². The van der Waals surface area contributed by atoms with Crippen molar-refractivity contribution in [3.63, 3.8) is 0 Å². The van der Waals surface area contributed by atoms with Gasteiger partial charge in [0, 0.05) is 29.3 Å². The van der Waals surface area contributed by atoms with Crippen LogP contribution < -0.4 is 11.5 Å². The minimum absolute atomic E-state index is 0. The summed E-state index contributed by atoms with van der Waals surface area (Å²) in [5.74, 6) is 2.50. The average Bonchev–Trinajstić information content (AvgIpc) is 4.15. The highest BCUT2D eigenvalue weighted by molar-refractivity contribution is 6.30. The summed E-state index contributed by atoms with van der Waals surface area (Å²) >= 11 is 5.55. The number of pyridine rings is 5. The zero-order chi connectivity index (χ0) is 48.6. The SMILES string of the molecule is C.C.Cc1cc(N)cnc1-n1ccnn1.Cc1cc(N)cnc1-n1nccn1.Cc1cc([N+](=O)[O-])cnc1-n1ccnn1.Cc1cc([N+](=O)[O-])cnc1-n1nccn1.Cc1cc([N+](=O)[O-])cnc1Cl. The Kier molecular flexibility index (Phi) is 19.6. The highest BCUT2D eigenvalue weighted by atomic mass is 35.5. The number of anilines is 2. The van der Waals surface area contributed by atoms with E-state index in [1.807, 2.05) is 26.0 Å². The molecule has 0 aromatic carbocycles. The maximum atomic E-state index is 10.5. The lowest BCUT2D eigenvalue weighted by Gasteiger charge is -2.03. The van der Waals surface area contributed by atoms with Crippen LogP contribution in [0.4, 0.5) is 28.4 Å². The summed E-state index contributed by atoms with van der Waals surface area (Å²) < 4.78 is 3.06. The first-order valence-corrected chi connectivity index (χ1v) is 19.3. The summed E-state index contributed by atoms with van der Waals surface area (Å²) in [4.78, 5) is 52.3. The van der Waals surface area contributed by atoms with Crippen LogP contribution in [0.5, 0.6) is 0 Å². The van der Waals surface area contributed by atoms with Crippen LogP contribution in [0.15, 0.2) is 111 Å². The Morgan fingerprint density at radius 3 is 1.10 bits per heavy atom. The zero-order valence-corrected chi connectivity index (χ0v) is 36.6. The van der Waals surface area contributed by atoms with E-state index in [1.54, 1.807) is 68.8 Å². The molecule has 0 fully saturated rings. The summed E-state index contributed by atoms with van der Waals surface area (Å²) in [5, 5.41) is 62.1. The lowest BCUT2D eigenvalue weighted by Crippen LogP contribution is -2.04. The quantitative estimate of drug-likeness (QED) is 0.104. The molecule has 0 unspecified atom stereocenters. The van der Waals surface area contributed by atoms with Crippen molar-refractivity contribution in [1.29, 1.82) is 0 Å². The molecular formula is C40H45ClN22O6. The van der Waals surface area contributed by atoms with E-state index in [4.69, 9.17) is 23.1 Å². The Labute approximate surface area is 397 Å². The average molecular weight is 965 g/mol. The number of rotatable bonds is 7. The van der Waals surface area contributed by atoms with Gasteiger partial charge in [-0.3, -0.25) is 30.3 Å². The number of aryl methyl sites for hydroxylation is 5. The molecule has 4 N–H and O–H groups in total. The Morgan fingerprint density at radius 1 is 0.464 bits per heavy atom. The van der Waals surface area contributed by atoms with Crippen molar-refractivity contribution in [3.8, 4) is 23.3 Å². The van der Waals surface area contributed by atoms with Crippen molar-refractivity contribution in [2.24, 2.45) is 0 Å². The predicted molar refractivity (Wildman–Crippen MR) is 252 cm³/mol. The Hall–Kier alpha value is -9.60. The fraction of sp³-hybridized carbons (Fsp3) is 0.175. The number of nitrogens with zero attached hydrogens (tertiary/aromatic N) is 20. The number of nitro groups is 3. The molecule has 0 aliphatic rings. The molecule has 0 bridgehead atoms. The molecule has 0 amide bonds. The van der Waals surface area contributed by atoms with Gasteiger partial charge < -0.3 is 11.5 Å². The molecule has 358 valence electrons. The first kappa shape index (κ1) is 53.7. The van der Waals surface area contributed by atoms with Crippen LogP contribution in [0.1, 0.15) is 42.7 Å². The first-order valence-electron chi connectivity index (χ1n) is 18.9. The lowest BCUT2D eigenvalue weighted by atomic mass is 10.2. The standard InChI is InChI=1S/2C8H7N5O2.2C8H9N5.C6H5ClN2O2.2CH4/c1-6-4-7(13(14)15)5-9-8(6)12-3-2-10-11-12;1-6-4-7(13(14)15)5-9-8(6)12-10-2-3-11-12;1-6-4-7(9)5-10-8(6)13-3-2-11-12-13;1-6-4-7(9)5-10-8(6)13-11-2-3-12-13;1-4-2-5(9(10)11)3-8-6(4)7;;/h2*2-5H,1H3;2*2-5H,9H2,1H3;2-3H,1H3;2*1H4. The number of nitrogen functional groups attached to an aromatic ring is 2. The van der Waals surface area contributed by atoms with Crippen LogP contribution >= 0.6 is 11.6 Å². The lowest BCUT2D eigenvalue weighted by molar-refractivity contribution is -0.385. The minimum Gasteiger partial charge on any atom is -0.397 e. The maximum Gasteiger partial charge on any atom is 0.287 e. The van der Waals surface area contributed by atoms with E-state index in [-0.39, 0.29) is 31.9 Å². The molecule has 9 aromatic rings. The summed E-state index contributed by atoms with van der Waals surface area (Å²) in [6.07, 6.45) is 19.5. The van der Waals surface area contributed by atoms with E-state index < -0.39 is 14.8 Å². The van der Waals surface area contributed by atoms with Crippen LogP contribution in [0, 0.1) is 65.0 Å². The minimum atomic E-state index is -0.504. The second-order valence-electron chi connectivity index (χ2n) is 13.4. The van der Waals surface area contributed by atoms with Gasteiger partial charge in [-0.2, -0.15) is 20.4 Å². The second kappa shape index (κ2) is 25.2. The Bertz CT molecular complexity index is 2890. The van der Waals surface area contributed by atoms with Crippen LogP contribution in [0.25, 0.3) is 23.3 Å². The number of halogens is 1. The van der Waals surface area contributed by atoms with Gasteiger partial charge in [0.1, 0.15) is 23.7 Å². The van der Waals surface area contributed by atoms with Gasteiger partial charge in [0.15, 0.2) is 23.3 Å². The highest BCUT2D eigenvalue weighted by Crippen LogP contribution is 2.19. The third-order valence-electron chi connectivity index (χ3n) is 8.34. The molecule has 69 heavy (non-hydrogen) atoms. The summed E-state index contributed by atoms with van der Waals surface area (Å²) in [7, 11) is 0. The van der Waals surface area contributed by atoms with Crippen molar-refractivity contribution >= 4 is 40.0 Å². The van der Waals surface area contributed by atoms with E-state index in [0.29, 0.717) is 50.7 Å². The highest BCUT2D eigenvalue weighted by Gasteiger charge is 2.13. The zero-order valence-electron chi connectivity index (χ0n) is 35.8. The van der Waals surface area contributed by atoms with Gasteiger partial charge in [0.2, 0.25) is 0 Å². The molecule has 9 rings (SSSR count). The predicted octanol–water partition coefficient (Wildman–Crippen LogP) is 6.09. The summed E-state index contributed by atoms with van der Waals surface area (Å²) in [6, 6.07) is 7.96. The van der Waals surface area contributed by atoms with Crippen LogP contribution in [-0.2, 0) is 0 Å². The van der Waals surface area contributed by atoms with E-state index in [2.05, 4.69) is 65.9 Å². The van der Waals surface area contributed by atoms with Crippen molar-refractivity contribution < 1.29 is 14.8 Å². The molecule has 0 saturated heterocycles. The smallest absolute Gasteiger partial charge is 0.287 e. The van der Waals surface area contributed by atoms with Crippen molar-refractivity contribution in [2.75, 3.05) is 11.5 Å². The molecule has 9 aromatic heterocycles. The number of nitrogens with two attached hydrogens (primary N) is 2. The third-order valence-corrected chi connectivity index (χ3v) is 8.74. The molecule has 29 heteroatoms. The van der Waals surface area contributed by atoms with E-state index in [1.165, 1.54) is 63.5 Å². The molecule has 9 heterocycles. The fourth-order valence-corrected chi connectivity index (χ4v) is 5.42. The van der Waals surface area contributed by atoms with E-state index >= 15 is 0 Å². The van der Waals surface area contributed by atoms with Crippen LogP contribution in [0.2, 0.25) is 5.15 Å². The number of hydrogen-bond donors (Lipinski definition) is 2. The molecule has 28 nitrogen and oxygen atoms in total. The van der Waals surface area contributed by atoms with Gasteiger partial charge in [-0.1, -0.05) is 36.9 Å². The molecule has 0 aliphatic carbocycles. The Morgan fingerprint density at radius 2 is 0.783 bits per heavy atom.